The minimum atomic E-state index is -0.426. The molecule has 2 nitrogen and oxygen atoms in total. The summed E-state index contributed by atoms with van der Waals surface area (Å²) >= 11 is 1.87. The van der Waals surface area contributed by atoms with Gasteiger partial charge in [0, 0.05) is 18.3 Å². The Morgan fingerprint density at radius 1 is 1.43 bits per heavy atom. The van der Waals surface area contributed by atoms with Crippen molar-refractivity contribution in [3.8, 4) is 0 Å². The molecule has 1 aliphatic heterocycles. The molecule has 2 atom stereocenters. The summed E-state index contributed by atoms with van der Waals surface area (Å²) in [5.41, 5.74) is 0.0896. The molecule has 2 rings (SSSR count). The van der Waals surface area contributed by atoms with Crippen LogP contribution in [0.1, 0.15) is 33.1 Å². The van der Waals surface area contributed by atoms with Crippen LogP contribution >= 0.6 is 11.8 Å². The fourth-order valence-corrected chi connectivity index (χ4v) is 3.25. The van der Waals surface area contributed by atoms with E-state index in [9.17, 15) is 5.11 Å². The molecule has 0 bridgehead atoms. The molecule has 3 heteroatoms. The summed E-state index contributed by atoms with van der Waals surface area (Å²) in [5.74, 6) is 2.02. The number of nitrogens with one attached hydrogen (secondary N) is 1. The van der Waals surface area contributed by atoms with Crippen molar-refractivity contribution in [3.05, 3.63) is 0 Å². The van der Waals surface area contributed by atoms with Crippen LogP contribution in [0, 0.1) is 5.41 Å². The van der Waals surface area contributed by atoms with Crippen LogP contribution in [0.4, 0.5) is 0 Å². The van der Waals surface area contributed by atoms with Crippen LogP contribution < -0.4 is 5.32 Å². The highest BCUT2D eigenvalue weighted by Crippen LogP contribution is 2.48. The highest BCUT2D eigenvalue weighted by molar-refractivity contribution is 7.99. The van der Waals surface area contributed by atoms with Crippen molar-refractivity contribution in [2.75, 3.05) is 18.1 Å². The lowest BCUT2D eigenvalue weighted by atomic mass is 9.98. The molecule has 2 unspecified atom stereocenters. The van der Waals surface area contributed by atoms with Gasteiger partial charge in [-0.25, -0.2) is 0 Å². The third-order valence-corrected chi connectivity index (χ3v) is 5.14. The third-order valence-electron chi connectivity index (χ3n) is 3.90. The Bertz CT molecular complexity index is 209. The molecule has 14 heavy (non-hydrogen) atoms. The van der Waals surface area contributed by atoms with Gasteiger partial charge in [0.05, 0.1) is 5.60 Å². The summed E-state index contributed by atoms with van der Waals surface area (Å²) in [5, 5.41) is 13.6. The predicted octanol–water partition coefficient (Wildman–Crippen LogP) is 1.63. The summed E-state index contributed by atoms with van der Waals surface area (Å²) in [6, 6.07) is 0.553. The van der Waals surface area contributed by atoms with Gasteiger partial charge in [-0.2, -0.15) is 11.8 Å². The van der Waals surface area contributed by atoms with Crippen LogP contribution in [0.5, 0.6) is 0 Å². The van der Waals surface area contributed by atoms with Crippen molar-refractivity contribution >= 4 is 11.8 Å². The van der Waals surface area contributed by atoms with Gasteiger partial charge >= 0.3 is 0 Å². The smallest absolute Gasteiger partial charge is 0.0869 e. The van der Waals surface area contributed by atoms with Crippen LogP contribution in [-0.2, 0) is 0 Å². The maximum absolute atomic E-state index is 10.1. The standard InChI is InChI=1S/C11H21NOS/c1-9(10(2)3-4-10)12-7-11(13)5-6-14-8-11/h9,12-13H,3-8H2,1-2H3. The molecule has 0 aromatic carbocycles. The molecule has 0 amide bonds. The van der Waals surface area contributed by atoms with Gasteiger partial charge in [0.1, 0.15) is 0 Å². The van der Waals surface area contributed by atoms with Crippen LogP contribution in [0.3, 0.4) is 0 Å². The van der Waals surface area contributed by atoms with Crippen LogP contribution in [0.25, 0.3) is 0 Å². The Labute approximate surface area is 90.8 Å². The van der Waals surface area contributed by atoms with E-state index in [-0.39, 0.29) is 0 Å². The molecular weight excluding hydrogens is 194 g/mol. The molecule has 1 saturated heterocycles. The van der Waals surface area contributed by atoms with E-state index in [2.05, 4.69) is 19.2 Å². The summed E-state index contributed by atoms with van der Waals surface area (Å²) < 4.78 is 0. The average molecular weight is 215 g/mol. The van der Waals surface area contributed by atoms with Crippen molar-refractivity contribution in [2.45, 2.75) is 44.8 Å². The van der Waals surface area contributed by atoms with E-state index < -0.39 is 5.60 Å². The fraction of sp³-hybridized carbons (Fsp3) is 1.00. The maximum Gasteiger partial charge on any atom is 0.0869 e. The lowest BCUT2D eigenvalue weighted by Gasteiger charge is -2.27. The summed E-state index contributed by atoms with van der Waals surface area (Å²) in [6.45, 7) is 5.35. The molecule has 1 heterocycles. The van der Waals surface area contributed by atoms with Gasteiger partial charge in [0.15, 0.2) is 0 Å². The molecule has 0 spiro atoms. The van der Waals surface area contributed by atoms with Gasteiger partial charge in [0.2, 0.25) is 0 Å². The van der Waals surface area contributed by atoms with E-state index in [0.717, 1.165) is 24.5 Å². The molecule has 0 aromatic rings. The number of rotatable bonds is 4. The minimum absolute atomic E-state index is 0.426. The maximum atomic E-state index is 10.1. The van der Waals surface area contributed by atoms with E-state index >= 15 is 0 Å². The first-order valence-electron chi connectivity index (χ1n) is 5.58. The van der Waals surface area contributed by atoms with Crippen molar-refractivity contribution in [1.82, 2.24) is 5.32 Å². The van der Waals surface area contributed by atoms with Gasteiger partial charge in [-0.3, -0.25) is 0 Å². The van der Waals surface area contributed by atoms with Crippen molar-refractivity contribution in [3.63, 3.8) is 0 Å². The van der Waals surface area contributed by atoms with Gasteiger partial charge in [-0.1, -0.05) is 6.92 Å². The van der Waals surface area contributed by atoms with E-state index in [1.54, 1.807) is 0 Å². The fourth-order valence-electron chi connectivity index (χ4n) is 1.96. The van der Waals surface area contributed by atoms with Gasteiger partial charge in [-0.05, 0) is 37.4 Å². The largest absolute Gasteiger partial charge is 0.388 e. The predicted molar refractivity (Wildman–Crippen MR) is 61.7 cm³/mol. The van der Waals surface area contributed by atoms with E-state index in [1.165, 1.54) is 12.8 Å². The zero-order valence-electron chi connectivity index (χ0n) is 9.18. The van der Waals surface area contributed by atoms with Crippen molar-refractivity contribution < 1.29 is 5.11 Å². The van der Waals surface area contributed by atoms with Crippen molar-refractivity contribution in [1.29, 1.82) is 0 Å². The normalized spacial score (nSPS) is 37.1. The molecule has 0 radical (unpaired) electrons. The second-order valence-corrected chi connectivity index (χ2v) is 6.39. The van der Waals surface area contributed by atoms with E-state index in [4.69, 9.17) is 0 Å². The zero-order valence-corrected chi connectivity index (χ0v) is 9.99. The molecule has 1 aliphatic carbocycles. The highest BCUT2D eigenvalue weighted by Gasteiger charge is 2.43. The quantitative estimate of drug-likeness (QED) is 0.747. The van der Waals surface area contributed by atoms with Crippen LogP contribution in [-0.4, -0.2) is 34.8 Å². The van der Waals surface area contributed by atoms with Crippen LogP contribution in [0.2, 0.25) is 0 Å². The Balaban J connectivity index is 1.76. The zero-order chi connectivity index (χ0) is 10.2. The molecule has 2 aliphatic rings. The summed E-state index contributed by atoms with van der Waals surface area (Å²) in [7, 11) is 0. The topological polar surface area (TPSA) is 32.3 Å². The van der Waals surface area contributed by atoms with Crippen LogP contribution in [0.15, 0.2) is 0 Å². The number of hydrogen-bond acceptors (Lipinski definition) is 3. The molecule has 1 saturated carbocycles. The average Bonchev–Trinajstić information content (AvgIpc) is 2.75. The molecular formula is C11H21NOS. The second-order valence-electron chi connectivity index (χ2n) is 5.28. The Kier molecular flexibility index (Phi) is 2.84. The second kappa shape index (κ2) is 3.69. The van der Waals surface area contributed by atoms with Gasteiger partial charge in [-0.15, -0.1) is 0 Å². The SMILES string of the molecule is CC(NCC1(O)CCSC1)C1(C)CC1. The lowest BCUT2D eigenvalue weighted by molar-refractivity contribution is 0.0624. The highest BCUT2D eigenvalue weighted by atomic mass is 32.2. The first-order chi connectivity index (χ1) is 6.54. The summed E-state index contributed by atoms with van der Waals surface area (Å²) in [6.07, 6.45) is 3.64. The first-order valence-corrected chi connectivity index (χ1v) is 6.73. The summed E-state index contributed by atoms with van der Waals surface area (Å²) in [4.78, 5) is 0. The molecule has 82 valence electrons. The monoisotopic (exact) mass is 215 g/mol. The van der Waals surface area contributed by atoms with Gasteiger partial charge < -0.3 is 10.4 Å². The Morgan fingerprint density at radius 3 is 2.64 bits per heavy atom. The van der Waals surface area contributed by atoms with E-state index in [0.29, 0.717) is 11.5 Å². The molecule has 2 N–H and O–H groups in total. The number of hydrogen-bond donors (Lipinski definition) is 2. The minimum Gasteiger partial charge on any atom is -0.388 e. The van der Waals surface area contributed by atoms with Gasteiger partial charge in [0.25, 0.3) is 0 Å². The lowest BCUT2D eigenvalue weighted by Crippen LogP contribution is -2.46. The molecule has 0 aromatic heterocycles. The van der Waals surface area contributed by atoms with E-state index in [1.807, 2.05) is 11.8 Å². The van der Waals surface area contributed by atoms with Crippen molar-refractivity contribution in [2.24, 2.45) is 5.41 Å². The Morgan fingerprint density at radius 2 is 2.14 bits per heavy atom. The number of thioether (sulfide) groups is 1. The molecule has 2 fully saturated rings. The third kappa shape index (κ3) is 2.26. The Hall–Kier alpha value is 0.270. The number of aliphatic hydroxyl groups is 1. The first kappa shape index (κ1) is 10.8.